The summed E-state index contributed by atoms with van der Waals surface area (Å²) in [6, 6.07) is -0.588. The summed E-state index contributed by atoms with van der Waals surface area (Å²) in [6.45, 7) is 4.78. The molecule has 0 bridgehead atoms. The van der Waals surface area contributed by atoms with Crippen LogP contribution < -0.4 is 4.72 Å². The van der Waals surface area contributed by atoms with Crippen LogP contribution in [0.3, 0.4) is 0 Å². The molecule has 13 heteroatoms. The number of hydrogen-bond acceptors (Lipinski definition) is 7. The summed E-state index contributed by atoms with van der Waals surface area (Å²) in [5, 5.41) is 22.5. The molecule has 2 aliphatic rings. The molecule has 1 atom stereocenters. The molecule has 0 amide bonds. The maximum atomic E-state index is 13.7. The first-order chi connectivity index (χ1) is 14.7. The Morgan fingerprint density at radius 1 is 1.25 bits per heavy atom. The molecule has 1 unspecified atom stereocenters. The van der Waals surface area contributed by atoms with Crippen LogP contribution in [-0.2, 0) is 15.6 Å². The lowest BCUT2D eigenvalue weighted by atomic mass is 9.91. The number of allylic oxidation sites excluding steroid dienone is 3. The summed E-state index contributed by atoms with van der Waals surface area (Å²) in [7, 11) is -4.39. The lowest BCUT2D eigenvalue weighted by Gasteiger charge is -2.34. The second kappa shape index (κ2) is 7.62. The van der Waals surface area contributed by atoms with Crippen molar-refractivity contribution >= 4 is 31.9 Å². The third-order valence-electron chi connectivity index (χ3n) is 5.57. The molecular formula is C19H23F3N4O4S2. The molecule has 3 N–H and O–H groups in total. The van der Waals surface area contributed by atoms with Gasteiger partial charge in [0.05, 0.1) is 23.1 Å². The van der Waals surface area contributed by atoms with Crippen LogP contribution in [0.25, 0.3) is 10.5 Å². The molecule has 2 heterocycles. The van der Waals surface area contributed by atoms with Gasteiger partial charge in [-0.3, -0.25) is 0 Å². The number of sulfonamides is 1. The molecule has 0 radical (unpaired) electrons. The standard InChI is InChI=1S/C19H23F3N4O4S2/c1-9-15(26-17(23-9)31-16(24-26)18(2,3)28)10-4-5-13(19(20,21)22)14(6-10)32(29,30)25-11-7-12(27)8-11/h4-5,11-12,14,25,27-28H,6-8H2,1-3H3. The molecule has 8 nitrogen and oxygen atoms in total. The lowest BCUT2D eigenvalue weighted by molar-refractivity contribution is -0.0936. The Labute approximate surface area is 186 Å². The molecule has 0 aromatic carbocycles. The van der Waals surface area contributed by atoms with Crippen molar-refractivity contribution in [3.05, 3.63) is 34.1 Å². The van der Waals surface area contributed by atoms with E-state index >= 15 is 0 Å². The van der Waals surface area contributed by atoms with Crippen LogP contribution in [0.4, 0.5) is 13.2 Å². The Balaban J connectivity index is 1.75. The van der Waals surface area contributed by atoms with Gasteiger partial charge in [0.2, 0.25) is 15.0 Å². The quantitative estimate of drug-likeness (QED) is 0.590. The van der Waals surface area contributed by atoms with E-state index in [0.717, 1.165) is 17.4 Å². The third kappa shape index (κ3) is 4.23. The number of nitrogens with zero attached hydrogens (tertiary/aromatic N) is 3. The molecule has 1 fully saturated rings. The molecule has 176 valence electrons. The van der Waals surface area contributed by atoms with E-state index in [1.807, 2.05) is 0 Å². The van der Waals surface area contributed by atoms with Crippen molar-refractivity contribution in [1.29, 1.82) is 0 Å². The Bertz CT molecular complexity index is 1220. The molecule has 0 spiro atoms. The monoisotopic (exact) mass is 492 g/mol. The topological polar surface area (TPSA) is 117 Å². The van der Waals surface area contributed by atoms with Crippen molar-refractivity contribution in [2.24, 2.45) is 0 Å². The number of aromatic nitrogens is 3. The number of fused-ring (bicyclic) bond motifs is 1. The van der Waals surface area contributed by atoms with Crippen LogP contribution in [-0.4, -0.2) is 56.8 Å². The number of rotatable bonds is 5. The SMILES string of the molecule is Cc1nc2sc(C(C)(C)O)nn2c1C1=CC=C(C(F)(F)F)C(S(=O)(=O)NC2CC(O)C2)C1. The first-order valence-corrected chi connectivity index (χ1v) is 12.3. The van der Waals surface area contributed by atoms with Gasteiger partial charge in [0, 0.05) is 6.04 Å². The summed E-state index contributed by atoms with van der Waals surface area (Å²) < 4.78 is 70.6. The lowest BCUT2D eigenvalue weighted by Crippen LogP contribution is -2.50. The van der Waals surface area contributed by atoms with Crippen molar-refractivity contribution in [2.75, 3.05) is 0 Å². The van der Waals surface area contributed by atoms with E-state index in [2.05, 4.69) is 14.8 Å². The Morgan fingerprint density at radius 3 is 2.47 bits per heavy atom. The fourth-order valence-corrected chi connectivity index (χ4v) is 6.58. The second-order valence-corrected chi connectivity index (χ2v) is 11.5. The van der Waals surface area contributed by atoms with Crippen LogP contribution in [0.5, 0.6) is 0 Å². The first kappa shape index (κ1) is 23.4. The van der Waals surface area contributed by atoms with Gasteiger partial charge >= 0.3 is 6.18 Å². The number of imidazole rings is 1. The van der Waals surface area contributed by atoms with Crippen LogP contribution in [0, 0.1) is 6.92 Å². The molecule has 32 heavy (non-hydrogen) atoms. The minimum absolute atomic E-state index is 0.167. The highest BCUT2D eigenvalue weighted by Gasteiger charge is 2.47. The van der Waals surface area contributed by atoms with E-state index in [-0.39, 0.29) is 12.8 Å². The smallest absolute Gasteiger partial charge is 0.393 e. The zero-order valence-corrected chi connectivity index (χ0v) is 19.1. The summed E-state index contributed by atoms with van der Waals surface area (Å²) in [6.07, 6.45) is -3.51. The number of aliphatic hydroxyl groups is 2. The van der Waals surface area contributed by atoms with Gasteiger partial charge in [0.25, 0.3) is 0 Å². The number of aryl methyl sites for hydroxylation is 1. The largest absolute Gasteiger partial charge is 0.414 e. The highest BCUT2D eigenvalue weighted by atomic mass is 32.2. The molecule has 2 aliphatic carbocycles. The van der Waals surface area contributed by atoms with Gasteiger partial charge in [-0.25, -0.2) is 22.6 Å². The van der Waals surface area contributed by atoms with Crippen molar-refractivity contribution in [2.45, 2.75) is 69.2 Å². The van der Waals surface area contributed by atoms with Crippen LogP contribution >= 0.6 is 11.3 Å². The number of nitrogens with one attached hydrogen (secondary N) is 1. The number of hydrogen-bond donors (Lipinski definition) is 3. The number of aliphatic hydroxyl groups excluding tert-OH is 1. The maximum Gasteiger partial charge on any atom is 0.414 e. The predicted molar refractivity (Wildman–Crippen MR) is 112 cm³/mol. The third-order valence-corrected chi connectivity index (χ3v) is 8.62. The Morgan fingerprint density at radius 2 is 1.91 bits per heavy atom. The highest BCUT2D eigenvalue weighted by molar-refractivity contribution is 7.90. The van der Waals surface area contributed by atoms with Crippen molar-refractivity contribution in [1.82, 2.24) is 19.3 Å². The molecule has 0 saturated heterocycles. The van der Waals surface area contributed by atoms with Gasteiger partial charge in [-0.05, 0) is 45.6 Å². The minimum atomic E-state index is -4.82. The maximum absolute atomic E-state index is 13.7. The van der Waals surface area contributed by atoms with E-state index in [4.69, 9.17) is 0 Å². The molecular weight excluding hydrogens is 469 g/mol. The minimum Gasteiger partial charge on any atom is -0.393 e. The van der Waals surface area contributed by atoms with Gasteiger partial charge in [0.1, 0.15) is 15.9 Å². The molecule has 2 aromatic heterocycles. The van der Waals surface area contributed by atoms with Gasteiger partial charge in [-0.2, -0.15) is 18.3 Å². The van der Waals surface area contributed by atoms with E-state index in [1.54, 1.807) is 20.8 Å². The zero-order valence-electron chi connectivity index (χ0n) is 17.5. The fraction of sp³-hybridized carbons (Fsp3) is 0.579. The summed E-state index contributed by atoms with van der Waals surface area (Å²) in [5.41, 5.74) is -1.14. The highest BCUT2D eigenvalue weighted by Crippen LogP contribution is 2.41. The summed E-state index contributed by atoms with van der Waals surface area (Å²) in [4.78, 5) is 4.83. The van der Waals surface area contributed by atoms with Crippen LogP contribution in [0.2, 0.25) is 0 Å². The van der Waals surface area contributed by atoms with Crippen molar-refractivity contribution in [3.8, 4) is 0 Å². The molecule has 0 aliphatic heterocycles. The van der Waals surface area contributed by atoms with E-state index < -0.39 is 51.2 Å². The number of alkyl halides is 3. The van der Waals surface area contributed by atoms with Crippen molar-refractivity contribution in [3.63, 3.8) is 0 Å². The zero-order chi connectivity index (χ0) is 23.6. The fourth-order valence-electron chi connectivity index (χ4n) is 3.87. The van der Waals surface area contributed by atoms with Crippen LogP contribution in [0.15, 0.2) is 17.7 Å². The molecule has 2 aromatic rings. The average molecular weight is 493 g/mol. The van der Waals surface area contributed by atoms with Gasteiger partial charge in [-0.1, -0.05) is 23.5 Å². The molecule has 4 rings (SSSR count). The Kier molecular flexibility index (Phi) is 5.56. The van der Waals surface area contributed by atoms with Crippen molar-refractivity contribution < 1.29 is 31.8 Å². The van der Waals surface area contributed by atoms with Gasteiger partial charge in [-0.15, -0.1) is 0 Å². The predicted octanol–water partition coefficient (Wildman–Crippen LogP) is 2.41. The number of halogens is 3. The Hall–Kier alpha value is -1.80. The van der Waals surface area contributed by atoms with E-state index in [0.29, 0.717) is 26.9 Å². The van der Waals surface area contributed by atoms with Gasteiger partial charge in [0.15, 0.2) is 0 Å². The average Bonchev–Trinajstić information content (AvgIpc) is 3.15. The van der Waals surface area contributed by atoms with E-state index in [1.165, 1.54) is 10.6 Å². The summed E-state index contributed by atoms with van der Waals surface area (Å²) in [5.74, 6) is 0. The summed E-state index contributed by atoms with van der Waals surface area (Å²) >= 11 is 1.15. The van der Waals surface area contributed by atoms with Gasteiger partial charge < -0.3 is 10.2 Å². The molecule has 1 saturated carbocycles. The normalized spacial score (nSPS) is 24.9. The first-order valence-electron chi connectivity index (χ1n) is 9.93. The second-order valence-electron chi connectivity index (χ2n) is 8.70. The van der Waals surface area contributed by atoms with E-state index in [9.17, 15) is 31.8 Å². The van der Waals surface area contributed by atoms with Crippen LogP contribution in [0.1, 0.15) is 49.5 Å².